The molecule has 26 heavy (non-hydrogen) atoms. The zero-order valence-electron chi connectivity index (χ0n) is 15.2. The number of hydrogen-bond donors (Lipinski definition) is 1. The van der Waals surface area contributed by atoms with E-state index in [-0.39, 0.29) is 0 Å². The van der Waals surface area contributed by atoms with Crippen molar-refractivity contribution in [3.05, 3.63) is 53.7 Å². The van der Waals surface area contributed by atoms with Crippen LogP contribution in [0.1, 0.15) is 37.1 Å². The molecule has 1 fully saturated rings. The maximum Gasteiger partial charge on any atom is 0.136 e. The Morgan fingerprint density at radius 2 is 2.04 bits per heavy atom. The summed E-state index contributed by atoms with van der Waals surface area (Å²) < 4.78 is 5.75. The number of nitrogens with zero attached hydrogens (tertiary/aromatic N) is 2. The van der Waals surface area contributed by atoms with Crippen molar-refractivity contribution in [2.75, 3.05) is 20.2 Å². The van der Waals surface area contributed by atoms with Crippen LogP contribution in [0.4, 0.5) is 0 Å². The molecule has 0 amide bonds. The van der Waals surface area contributed by atoms with Crippen molar-refractivity contribution < 1.29 is 4.74 Å². The van der Waals surface area contributed by atoms with E-state index in [2.05, 4.69) is 35.0 Å². The van der Waals surface area contributed by atoms with Crippen LogP contribution >= 0.6 is 0 Å². The first-order valence-corrected chi connectivity index (χ1v) is 9.20. The minimum Gasteiger partial charge on any atom is -0.495 e. The molecule has 0 spiro atoms. The number of H-pyrrole nitrogens is 1. The lowest BCUT2D eigenvalue weighted by Gasteiger charge is -2.21. The summed E-state index contributed by atoms with van der Waals surface area (Å²) in [4.78, 5) is 6.10. The van der Waals surface area contributed by atoms with E-state index in [9.17, 15) is 5.26 Å². The molecule has 2 aromatic carbocycles. The highest BCUT2D eigenvalue weighted by Gasteiger charge is 2.26. The maximum atomic E-state index is 9.61. The normalized spacial score (nSPS) is 17.5. The van der Waals surface area contributed by atoms with Gasteiger partial charge in [0.15, 0.2) is 0 Å². The van der Waals surface area contributed by atoms with Crippen LogP contribution in [-0.4, -0.2) is 30.1 Å². The van der Waals surface area contributed by atoms with Crippen LogP contribution in [0.25, 0.3) is 22.0 Å². The van der Waals surface area contributed by atoms with Gasteiger partial charge in [0, 0.05) is 33.8 Å². The number of likely N-dealkylation sites (tertiary alicyclic amines) is 1. The van der Waals surface area contributed by atoms with Crippen molar-refractivity contribution in [2.45, 2.75) is 25.8 Å². The number of benzene rings is 2. The molecule has 1 aliphatic rings. The number of rotatable bonds is 4. The highest BCUT2D eigenvalue weighted by Crippen LogP contribution is 2.39. The Kier molecular flexibility index (Phi) is 4.40. The van der Waals surface area contributed by atoms with E-state index >= 15 is 0 Å². The SMILES string of the molecule is CCN1CCCC1c1ccc(-c2cc(C#N)c3ccccc3c2OC)[nH]1. The van der Waals surface area contributed by atoms with Crippen molar-refractivity contribution in [3.63, 3.8) is 0 Å². The van der Waals surface area contributed by atoms with E-state index in [4.69, 9.17) is 4.74 Å². The second kappa shape index (κ2) is 6.86. The molecular weight excluding hydrogens is 322 g/mol. The van der Waals surface area contributed by atoms with Crippen LogP contribution in [0.3, 0.4) is 0 Å². The molecule has 2 heterocycles. The molecule has 4 nitrogen and oxygen atoms in total. The summed E-state index contributed by atoms with van der Waals surface area (Å²) in [6, 6.07) is 16.9. The zero-order valence-corrected chi connectivity index (χ0v) is 15.2. The Bertz CT molecular complexity index is 983. The first-order valence-electron chi connectivity index (χ1n) is 9.20. The van der Waals surface area contributed by atoms with Gasteiger partial charge in [0.25, 0.3) is 0 Å². The lowest BCUT2D eigenvalue weighted by molar-refractivity contribution is 0.268. The first kappa shape index (κ1) is 16.7. The third-order valence-corrected chi connectivity index (χ3v) is 5.45. The Morgan fingerprint density at radius 3 is 2.77 bits per heavy atom. The van der Waals surface area contributed by atoms with Gasteiger partial charge in [-0.05, 0) is 44.1 Å². The fourth-order valence-electron chi connectivity index (χ4n) is 4.18. The minimum atomic E-state index is 0.454. The lowest BCUT2D eigenvalue weighted by atomic mass is 9.98. The van der Waals surface area contributed by atoms with Crippen molar-refractivity contribution in [1.82, 2.24) is 9.88 Å². The highest BCUT2D eigenvalue weighted by atomic mass is 16.5. The molecule has 1 aromatic heterocycles. The Morgan fingerprint density at radius 1 is 1.23 bits per heavy atom. The predicted octanol–water partition coefficient (Wildman–Crippen LogP) is 4.87. The fourth-order valence-corrected chi connectivity index (χ4v) is 4.18. The van der Waals surface area contributed by atoms with Crippen LogP contribution in [0.5, 0.6) is 5.75 Å². The Hall–Kier alpha value is -2.77. The standard InChI is InChI=1S/C22H23N3O/c1-3-25-12-6-9-21(25)20-11-10-19(24-20)18-13-15(14-23)16-7-4-5-8-17(16)22(18)26-2/h4-5,7-8,10-11,13,21,24H,3,6,9,12H2,1-2H3. The molecule has 1 saturated heterocycles. The third kappa shape index (κ3) is 2.65. The van der Waals surface area contributed by atoms with Gasteiger partial charge in [0.1, 0.15) is 5.75 Å². The summed E-state index contributed by atoms with van der Waals surface area (Å²) in [7, 11) is 1.69. The third-order valence-electron chi connectivity index (χ3n) is 5.45. The number of aromatic nitrogens is 1. The molecule has 132 valence electrons. The number of ether oxygens (including phenoxy) is 1. The fraction of sp³-hybridized carbons (Fsp3) is 0.318. The van der Waals surface area contributed by atoms with E-state index in [0.29, 0.717) is 11.6 Å². The van der Waals surface area contributed by atoms with Crippen LogP contribution in [0.2, 0.25) is 0 Å². The average molecular weight is 345 g/mol. The molecule has 1 unspecified atom stereocenters. The predicted molar refractivity (Wildman–Crippen MR) is 104 cm³/mol. The van der Waals surface area contributed by atoms with Gasteiger partial charge in [0.2, 0.25) is 0 Å². The van der Waals surface area contributed by atoms with E-state index < -0.39 is 0 Å². The van der Waals surface area contributed by atoms with Crippen molar-refractivity contribution in [3.8, 4) is 23.1 Å². The molecule has 3 aromatic rings. The van der Waals surface area contributed by atoms with Gasteiger partial charge in [-0.3, -0.25) is 4.90 Å². The molecule has 4 rings (SSSR count). The van der Waals surface area contributed by atoms with Gasteiger partial charge in [-0.25, -0.2) is 0 Å². The number of methoxy groups -OCH3 is 1. The molecule has 4 heteroatoms. The minimum absolute atomic E-state index is 0.454. The van der Waals surface area contributed by atoms with Gasteiger partial charge in [0.05, 0.1) is 18.7 Å². The van der Waals surface area contributed by atoms with Crippen LogP contribution in [0, 0.1) is 11.3 Å². The van der Waals surface area contributed by atoms with Crippen LogP contribution in [-0.2, 0) is 0 Å². The summed E-state index contributed by atoms with van der Waals surface area (Å²) in [6.45, 7) is 4.44. The summed E-state index contributed by atoms with van der Waals surface area (Å²) in [6.07, 6.45) is 2.43. The molecule has 1 atom stereocenters. The largest absolute Gasteiger partial charge is 0.495 e. The summed E-state index contributed by atoms with van der Waals surface area (Å²) in [5.74, 6) is 0.812. The quantitative estimate of drug-likeness (QED) is 0.734. The molecule has 1 N–H and O–H groups in total. The number of hydrogen-bond acceptors (Lipinski definition) is 3. The molecule has 0 aliphatic carbocycles. The summed E-state index contributed by atoms with van der Waals surface area (Å²) in [5, 5.41) is 11.5. The van der Waals surface area contributed by atoms with Crippen molar-refractivity contribution in [1.29, 1.82) is 5.26 Å². The summed E-state index contributed by atoms with van der Waals surface area (Å²) in [5.41, 5.74) is 3.86. The van der Waals surface area contributed by atoms with Crippen LogP contribution < -0.4 is 4.74 Å². The smallest absolute Gasteiger partial charge is 0.136 e. The van der Waals surface area contributed by atoms with Gasteiger partial charge in [-0.2, -0.15) is 5.26 Å². The number of nitrogens with one attached hydrogen (secondary N) is 1. The number of aromatic amines is 1. The lowest BCUT2D eigenvalue weighted by Crippen LogP contribution is -2.22. The van der Waals surface area contributed by atoms with Gasteiger partial charge in [-0.15, -0.1) is 0 Å². The number of nitriles is 1. The van der Waals surface area contributed by atoms with Gasteiger partial charge < -0.3 is 9.72 Å². The second-order valence-corrected chi connectivity index (χ2v) is 6.78. The van der Waals surface area contributed by atoms with Gasteiger partial charge >= 0.3 is 0 Å². The molecule has 0 radical (unpaired) electrons. The van der Waals surface area contributed by atoms with Crippen LogP contribution in [0.15, 0.2) is 42.5 Å². The zero-order chi connectivity index (χ0) is 18.1. The molecule has 1 aliphatic heterocycles. The Labute approximate surface area is 154 Å². The Balaban J connectivity index is 1.84. The molecular formula is C22H23N3O. The molecule has 0 bridgehead atoms. The monoisotopic (exact) mass is 345 g/mol. The molecule has 0 saturated carbocycles. The van der Waals surface area contributed by atoms with E-state index in [1.165, 1.54) is 18.5 Å². The topological polar surface area (TPSA) is 52.1 Å². The average Bonchev–Trinajstić information content (AvgIpc) is 3.35. The van der Waals surface area contributed by atoms with Crippen molar-refractivity contribution >= 4 is 10.8 Å². The van der Waals surface area contributed by atoms with Crippen molar-refractivity contribution in [2.24, 2.45) is 0 Å². The summed E-state index contributed by atoms with van der Waals surface area (Å²) >= 11 is 0. The maximum absolute atomic E-state index is 9.61. The highest BCUT2D eigenvalue weighted by molar-refractivity contribution is 5.98. The van der Waals surface area contributed by atoms with Gasteiger partial charge in [-0.1, -0.05) is 31.2 Å². The van der Waals surface area contributed by atoms with E-state index in [0.717, 1.165) is 40.9 Å². The number of fused-ring (bicyclic) bond motifs is 1. The second-order valence-electron chi connectivity index (χ2n) is 6.78. The van der Waals surface area contributed by atoms with E-state index in [1.54, 1.807) is 7.11 Å². The first-order chi connectivity index (χ1) is 12.8. The van der Waals surface area contributed by atoms with E-state index in [1.807, 2.05) is 30.3 Å².